The summed E-state index contributed by atoms with van der Waals surface area (Å²) in [6.45, 7) is 0. The molecule has 1 saturated carbocycles. The third-order valence-electron chi connectivity index (χ3n) is 6.22. The molecule has 0 aliphatic heterocycles. The lowest BCUT2D eigenvalue weighted by atomic mass is 9.90. The minimum atomic E-state index is -2.74. The number of hydrogen-bond acceptors (Lipinski definition) is 7. The SMILES string of the molecule is O=C(O)C1=C(C(O)Nc2sc3c(c2-c2nc(C4CC4)ns2)CCC(F)(F)C3)CCCC1. The number of hydrogen-bond donors (Lipinski definition) is 3. The van der Waals surface area contributed by atoms with E-state index >= 15 is 0 Å². The van der Waals surface area contributed by atoms with Crippen LogP contribution in [0.25, 0.3) is 10.6 Å². The van der Waals surface area contributed by atoms with Crippen LogP contribution in [0.4, 0.5) is 13.8 Å². The molecule has 2 aromatic rings. The fraction of sp³-hybridized carbons (Fsp3) is 0.571. The number of carboxylic acid groups (broad SMARTS) is 1. The van der Waals surface area contributed by atoms with E-state index in [0.29, 0.717) is 39.2 Å². The van der Waals surface area contributed by atoms with Gasteiger partial charge in [0.2, 0.25) is 0 Å². The summed E-state index contributed by atoms with van der Waals surface area (Å²) in [4.78, 5) is 16.9. The fourth-order valence-corrected chi connectivity index (χ4v) is 6.64. The van der Waals surface area contributed by atoms with Crippen LogP contribution in [-0.4, -0.2) is 37.7 Å². The van der Waals surface area contributed by atoms with E-state index in [9.17, 15) is 23.8 Å². The van der Waals surface area contributed by atoms with Crippen LogP contribution in [0.1, 0.15) is 67.1 Å². The Bertz CT molecular complexity index is 1060. The summed E-state index contributed by atoms with van der Waals surface area (Å²) < 4.78 is 32.6. The lowest BCUT2D eigenvalue weighted by molar-refractivity contribution is -0.133. The Hall–Kier alpha value is -1.91. The molecule has 10 heteroatoms. The molecule has 0 aromatic carbocycles. The first-order valence-corrected chi connectivity index (χ1v) is 12.2. The number of anilines is 1. The van der Waals surface area contributed by atoms with Crippen LogP contribution in [0.3, 0.4) is 0 Å². The summed E-state index contributed by atoms with van der Waals surface area (Å²) in [5.74, 6) is -2.57. The van der Waals surface area contributed by atoms with E-state index in [1.54, 1.807) is 0 Å². The number of rotatable bonds is 6. The maximum absolute atomic E-state index is 14.1. The molecule has 2 aromatic heterocycles. The minimum Gasteiger partial charge on any atom is -0.478 e. The zero-order valence-electron chi connectivity index (χ0n) is 16.8. The minimum absolute atomic E-state index is 0.214. The number of fused-ring (bicyclic) bond motifs is 1. The summed E-state index contributed by atoms with van der Waals surface area (Å²) in [5.41, 5.74) is 2.30. The summed E-state index contributed by atoms with van der Waals surface area (Å²) in [6.07, 6.45) is 3.17. The van der Waals surface area contributed by atoms with Crippen molar-refractivity contribution in [3.63, 3.8) is 0 Å². The van der Waals surface area contributed by atoms with Crippen LogP contribution in [0.15, 0.2) is 11.1 Å². The molecule has 0 saturated heterocycles. The molecule has 1 fully saturated rings. The lowest BCUT2D eigenvalue weighted by Gasteiger charge is -2.23. The van der Waals surface area contributed by atoms with Gasteiger partial charge in [-0.25, -0.2) is 18.6 Å². The number of carboxylic acids is 1. The van der Waals surface area contributed by atoms with Gasteiger partial charge in [-0.3, -0.25) is 0 Å². The molecule has 0 amide bonds. The van der Waals surface area contributed by atoms with Crippen LogP contribution in [0.2, 0.25) is 0 Å². The van der Waals surface area contributed by atoms with Gasteiger partial charge in [-0.05, 0) is 67.6 Å². The van der Waals surface area contributed by atoms with Gasteiger partial charge in [0.05, 0.1) is 0 Å². The summed E-state index contributed by atoms with van der Waals surface area (Å²) in [7, 11) is 0. The van der Waals surface area contributed by atoms with E-state index in [1.807, 2.05) is 0 Å². The normalized spacial score (nSPS) is 21.6. The zero-order valence-corrected chi connectivity index (χ0v) is 18.4. The quantitative estimate of drug-likeness (QED) is 0.520. The van der Waals surface area contributed by atoms with E-state index in [1.165, 1.54) is 22.9 Å². The first-order valence-electron chi connectivity index (χ1n) is 10.6. The molecule has 2 heterocycles. The highest BCUT2D eigenvalue weighted by atomic mass is 32.1. The van der Waals surface area contributed by atoms with Crippen molar-refractivity contribution < 1.29 is 23.8 Å². The van der Waals surface area contributed by atoms with Crippen molar-refractivity contribution in [1.29, 1.82) is 0 Å². The highest BCUT2D eigenvalue weighted by Gasteiger charge is 2.39. The van der Waals surface area contributed by atoms with Crippen molar-refractivity contribution in [2.45, 2.75) is 75.9 Å². The first-order chi connectivity index (χ1) is 14.8. The number of alkyl halides is 2. The Balaban J connectivity index is 1.53. The molecular weight excluding hydrogens is 444 g/mol. The van der Waals surface area contributed by atoms with E-state index in [2.05, 4.69) is 14.7 Å². The Kier molecular flexibility index (Phi) is 5.34. The van der Waals surface area contributed by atoms with Gasteiger partial charge in [-0.15, -0.1) is 11.3 Å². The van der Waals surface area contributed by atoms with E-state index in [0.717, 1.165) is 42.6 Å². The van der Waals surface area contributed by atoms with Crippen molar-refractivity contribution in [2.24, 2.45) is 0 Å². The molecule has 1 atom stereocenters. The zero-order chi connectivity index (χ0) is 21.8. The second-order valence-electron chi connectivity index (χ2n) is 8.54. The average Bonchev–Trinajstić information content (AvgIpc) is 3.36. The van der Waals surface area contributed by atoms with Gasteiger partial charge in [0.1, 0.15) is 22.1 Å². The molecule has 3 aliphatic rings. The molecule has 0 bridgehead atoms. The first kappa shape index (κ1) is 21.0. The van der Waals surface area contributed by atoms with Crippen molar-refractivity contribution in [1.82, 2.24) is 9.36 Å². The lowest BCUT2D eigenvalue weighted by Crippen LogP contribution is -2.26. The molecule has 0 radical (unpaired) electrons. The number of aliphatic carboxylic acids is 1. The Morgan fingerprint density at radius 2 is 2.00 bits per heavy atom. The van der Waals surface area contributed by atoms with Crippen LogP contribution in [-0.2, 0) is 17.6 Å². The fourth-order valence-electron chi connectivity index (χ4n) is 4.41. The van der Waals surface area contributed by atoms with Gasteiger partial charge in [0.15, 0.2) is 0 Å². The van der Waals surface area contributed by atoms with Gasteiger partial charge in [-0.2, -0.15) is 4.37 Å². The molecule has 3 aliphatic carbocycles. The number of nitrogens with one attached hydrogen (secondary N) is 1. The number of aromatic nitrogens is 2. The number of aliphatic hydroxyl groups excluding tert-OH is 1. The molecule has 31 heavy (non-hydrogen) atoms. The Labute approximate surface area is 186 Å². The van der Waals surface area contributed by atoms with Gasteiger partial charge >= 0.3 is 5.97 Å². The Morgan fingerprint density at radius 3 is 2.74 bits per heavy atom. The molecule has 1 unspecified atom stereocenters. The highest BCUT2D eigenvalue weighted by molar-refractivity contribution is 7.17. The second kappa shape index (κ2) is 7.90. The van der Waals surface area contributed by atoms with Crippen LogP contribution >= 0.6 is 22.9 Å². The number of thiophene rings is 1. The van der Waals surface area contributed by atoms with Crippen molar-refractivity contribution >= 4 is 33.8 Å². The average molecular weight is 468 g/mol. The highest BCUT2D eigenvalue weighted by Crippen LogP contribution is 2.49. The van der Waals surface area contributed by atoms with Gasteiger partial charge < -0.3 is 15.5 Å². The van der Waals surface area contributed by atoms with Crippen molar-refractivity contribution in [3.8, 4) is 10.6 Å². The summed E-state index contributed by atoms with van der Waals surface area (Å²) in [6, 6.07) is 0. The van der Waals surface area contributed by atoms with E-state index < -0.39 is 18.1 Å². The summed E-state index contributed by atoms with van der Waals surface area (Å²) >= 11 is 2.47. The standard InChI is InChI=1S/C21H23F2N3O3S2/c22-21(23)8-7-13-14(9-21)30-18(15(13)19-24-16(26-31-19)10-5-6-10)25-17(27)11-3-1-2-4-12(11)20(28)29/h10,17,25,27H,1-9H2,(H,28,29). The van der Waals surface area contributed by atoms with Crippen LogP contribution in [0, 0.1) is 0 Å². The number of nitrogens with zero attached hydrogens (tertiary/aromatic N) is 2. The smallest absolute Gasteiger partial charge is 0.331 e. The third-order valence-corrected chi connectivity index (χ3v) is 8.13. The Morgan fingerprint density at radius 1 is 1.23 bits per heavy atom. The van der Waals surface area contributed by atoms with Crippen molar-refractivity contribution in [3.05, 3.63) is 27.4 Å². The number of halogens is 2. The monoisotopic (exact) mass is 467 g/mol. The van der Waals surface area contributed by atoms with Crippen molar-refractivity contribution in [2.75, 3.05) is 5.32 Å². The van der Waals surface area contributed by atoms with Gasteiger partial charge in [0, 0.05) is 34.8 Å². The number of aliphatic hydroxyl groups is 1. The van der Waals surface area contributed by atoms with E-state index in [-0.39, 0.29) is 24.8 Å². The van der Waals surface area contributed by atoms with Crippen LogP contribution in [0.5, 0.6) is 0 Å². The topological polar surface area (TPSA) is 95.3 Å². The van der Waals surface area contributed by atoms with Gasteiger partial charge in [0.25, 0.3) is 5.92 Å². The molecule has 0 spiro atoms. The molecular formula is C21H23F2N3O3S2. The molecule has 5 rings (SSSR count). The third kappa shape index (κ3) is 4.12. The van der Waals surface area contributed by atoms with E-state index in [4.69, 9.17) is 0 Å². The van der Waals surface area contributed by atoms with Gasteiger partial charge in [-0.1, -0.05) is 0 Å². The predicted molar refractivity (Wildman–Crippen MR) is 115 cm³/mol. The molecule has 6 nitrogen and oxygen atoms in total. The maximum Gasteiger partial charge on any atom is 0.331 e. The second-order valence-corrected chi connectivity index (χ2v) is 10.4. The predicted octanol–water partition coefficient (Wildman–Crippen LogP) is 4.95. The largest absolute Gasteiger partial charge is 0.478 e. The number of carbonyl (C=O) groups is 1. The molecule has 3 N–H and O–H groups in total. The molecule has 166 valence electrons. The summed E-state index contributed by atoms with van der Waals surface area (Å²) in [5, 5.41) is 24.7. The van der Waals surface area contributed by atoms with Crippen LogP contribution < -0.4 is 5.32 Å². The maximum atomic E-state index is 14.1.